The summed E-state index contributed by atoms with van der Waals surface area (Å²) in [6.07, 6.45) is 1.27. The van der Waals surface area contributed by atoms with E-state index in [1.165, 1.54) is 0 Å². The van der Waals surface area contributed by atoms with Crippen LogP contribution in [0.3, 0.4) is 0 Å². The molecule has 0 fully saturated rings. The largest absolute Gasteiger partial charge is 0.351 e. The van der Waals surface area contributed by atoms with E-state index in [0.717, 1.165) is 15.1 Å². The molecule has 0 unspecified atom stereocenters. The summed E-state index contributed by atoms with van der Waals surface area (Å²) in [7, 11) is 0. The van der Waals surface area contributed by atoms with Crippen LogP contribution >= 0.6 is 27.3 Å². The van der Waals surface area contributed by atoms with Crippen molar-refractivity contribution < 1.29 is 4.79 Å². The summed E-state index contributed by atoms with van der Waals surface area (Å²) in [6.45, 7) is 1.18. The maximum Gasteiger partial charge on any atom is 0.220 e. The first-order valence-electron chi connectivity index (χ1n) is 4.43. The van der Waals surface area contributed by atoms with Gasteiger partial charge in [-0.05, 0) is 41.0 Å². The van der Waals surface area contributed by atoms with Gasteiger partial charge in [-0.15, -0.1) is 11.3 Å². The molecule has 0 aliphatic rings. The normalized spacial score (nSPS) is 10.1. The molecule has 1 rings (SSSR count). The van der Waals surface area contributed by atoms with Crippen molar-refractivity contribution in [1.82, 2.24) is 5.32 Å². The van der Waals surface area contributed by atoms with E-state index in [1.807, 2.05) is 12.1 Å². The first-order valence-corrected chi connectivity index (χ1v) is 6.04. The fraction of sp³-hybridized carbons (Fsp3) is 0.444. The predicted octanol–water partition coefficient (Wildman–Crippen LogP) is 1.87. The second kappa shape index (κ2) is 6.16. The molecule has 14 heavy (non-hydrogen) atoms. The summed E-state index contributed by atoms with van der Waals surface area (Å²) in [5, 5.41) is 2.84. The number of carbonyl (C=O) groups is 1. The lowest BCUT2D eigenvalue weighted by atomic mass is 10.3. The molecule has 78 valence electrons. The molecule has 0 bridgehead atoms. The van der Waals surface area contributed by atoms with Crippen LogP contribution in [0.1, 0.15) is 17.7 Å². The smallest absolute Gasteiger partial charge is 0.220 e. The van der Waals surface area contributed by atoms with Crippen LogP contribution in [-0.4, -0.2) is 12.5 Å². The molecule has 0 radical (unpaired) electrons. The monoisotopic (exact) mass is 276 g/mol. The van der Waals surface area contributed by atoms with Gasteiger partial charge >= 0.3 is 0 Å². The highest BCUT2D eigenvalue weighted by molar-refractivity contribution is 9.11. The van der Waals surface area contributed by atoms with Gasteiger partial charge in [-0.3, -0.25) is 4.79 Å². The molecule has 5 heteroatoms. The van der Waals surface area contributed by atoms with Crippen molar-refractivity contribution in [2.75, 3.05) is 6.54 Å². The Morgan fingerprint density at radius 3 is 2.93 bits per heavy atom. The van der Waals surface area contributed by atoms with Crippen LogP contribution in [-0.2, 0) is 11.3 Å². The number of hydrogen-bond acceptors (Lipinski definition) is 3. The quantitative estimate of drug-likeness (QED) is 0.863. The Hall–Kier alpha value is -0.390. The zero-order valence-corrected chi connectivity index (χ0v) is 10.2. The van der Waals surface area contributed by atoms with E-state index in [9.17, 15) is 4.79 Å². The third-order valence-corrected chi connectivity index (χ3v) is 3.32. The van der Waals surface area contributed by atoms with Crippen molar-refractivity contribution in [3.05, 3.63) is 20.8 Å². The van der Waals surface area contributed by atoms with Gasteiger partial charge in [0, 0.05) is 11.3 Å². The number of halogens is 1. The number of thiophene rings is 1. The maximum atomic E-state index is 11.2. The Kier molecular flexibility index (Phi) is 5.14. The summed E-state index contributed by atoms with van der Waals surface area (Å²) in [4.78, 5) is 12.4. The third kappa shape index (κ3) is 4.21. The van der Waals surface area contributed by atoms with Crippen molar-refractivity contribution in [3.8, 4) is 0 Å². The lowest BCUT2D eigenvalue weighted by Gasteiger charge is -2.01. The molecule has 1 amide bonds. The third-order valence-electron chi connectivity index (χ3n) is 1.70. The Morgan fingerprint density at radius 1 is 1.57 bits per heavy atom. The number of nitrogens with two attached hydrogens (primary N) is 1. The van der Waals surface area contributed by atoms with Gasteiger partial charge in [0.25, 0.3) is 0 Å². The molecule has 0 aliphatic carbocycles. The van der Waals surface area contributed by atoms with E-state index in [1.54, 1.807) is 11.3 Å². The molecular weight excluding hydrogens is 264 g/mol. The predicted molar refractivity (Wildman–Crippen MR) is 62.2 cm³/mol. The first-order chi connectivity index (χ1) is 6.72. The highest BCUT2D eigenvalue weighted by atomic mass is 79.9. The van der Waals surface area contributed by atoms with Crippen molar-refractivity contribution in [2.45, 2.75) is 19.4 Å². The summed E-state index contributed by atoms with van der Waals surface area (Å²) in [6, 6.07) is 3.98. The van der Waals surface area contributed by atoms with E-state index in [-0.39, 0.29) is 5.91 Å². The minimum absolute atomic E-state index is 0.0694. The molecule has 0 atom stereocenters. The number of carbonyl (C=O) groups excluding carboxylic acids is 1. The minimum atomic E-state index is 0.0694. The van der Waals surface area contributed by atoms with Crippen molar-refractivity contribution in [3.63, 3.8) is 0 Å². The van der Waals surface area contributed by atoms with E-state index in [2.05, 4.69) is 21.2 Å². The van der Waals surface area contributed by atoms with E-state index < -0.39 is 0 Å². The first kappa shape index (κ1) is 11.7. The lowest BCUT2D eigenvalue weighted by Crippen LogP contribution is -2.22. The summed E-state index contributed by atoms with van der Waals surface area (Å²) in [5.41, 5.74) is 5.30. The van der Waals surface area contributed by atoms with Crippen LogP contribution in [0.4, 0.5) is 0 Å². The maximum absolute atomic E-state index is 11.2. The standard InChI is InChI=1S/C9H13BrN2OS/c10-8-4-3-7(14-8)6-12-9(13)2-1-5-11/h3-4H,1-2,5-6,11H2,(H,12,13). The van der Waals surface area contributed by atoms with Crippen molar-refractivity contribution >= 4 is 33.2 Å². The second-order valence-corrected chi connectivity index (χ2v) is 5.42. The molecule has 0 aromatic carbocycles. The average Bonchev–Trinajstić information content (AvgIpc) is 2.58. The van der Waals surface area contributed by atoms with Gasteiger partial charge < -0.3 is 11.1 Å². The highest BCUT2D eigenvalue weighted by Gasteiger charge is 2.01. The molecular formula is C9H13BrN2OS. The molecule has 1 aromatic rings. The second-order valence-electron chi connectivity index (χ2n) is 2.87. The summed E-state index contributed by atoms with van der Waals surface area (Å²) in [5.74, 6) is 0.0694. The van der Waals surface area contributed by atoms with Crippen LogP contribution in [0.5, 0.6) is 0 Å². The van der Waals surface area contributed by atoms with Crippen LogP contribution in [0.25, 0.3) is 0 Å². The van der Waals surface area contributed by atoms with E-state index in [4.69, 9.17) is 5.73 Å². The topological polar surface area (TPSA) is 55.1 Å². The van der Waals surface area contributed by atoms with Crippen LogP contribution < -0.4 is 11.1 Å². The van der Waals surface area contributed by atoms with Crippen LogP contribution in [0.15, 0.2) is 15.9 Å². The van der Waals surface area contributed by atoms with Crippen molar-refractivity contribution in [2.24, 2.45) is 5.73 Å². The minimum Gasteiger partial charge on any atom is -0.351 e. The number of hydrogen-bond donors (Lipinski definition) is 2. The van der Waals surface area contributed by atoms with Gasteiger partial charge in [0.2, 0.25) is 5.91 Å². The molecule has 0 spiro atoms. The number of nitrogens with one attached hydrogen (secondary N) is 1. The summed E-state index contributed by atoms with van der Waals surface area (Å²) >= 11 is 5.00. The Labute approximate surface area is 95.8 Å². The van der Waals surface area contributed by atoms with E-state index in [0.29, 0.717) is 19.5 Å². The van der Waals surface area contributed by atoms with Crippen LogP contribution in [0.2, 0.25) is 0 Å². The lowest BCUT2D eigenvalue weighted by molar-refractivity contribution is -0.121. The molecule has 0 saturated carbocycles. The number of rotatable bonds is 5. The zero-order valence-electron chi connectivity index (χ0n) is 7.75. The molecule has 1 aromatic heterocycles. The van der Waals surface area contributed by atoms with Crippen molar-refractivity contribution in [1.29, 1.82) is 0 Å². The molecule has 0 aliphatic heterocycles. The van der Waals surface area contributed by atoms with Gasteiger partial charge in [0.05, 0.1) is 10.3 Å². The van der Waals surface area contributed by atoms with Crippen LogP contribution in [0, 0.1) is 0 Å². The van der Waals surface area contributed by atoms with Gasteiger partial charge in [0.15, 0.2) is 0 Å². The molecule has 1 heterocycles. The van der Waals surface area contributed by atoms with Gasteiger partial charge in [0.1, 0.15) is 0 Å². The van der Waals surface area contributed by atoms with Gasteiger partial charge in [-0.1, -0.05) is 0 Å². The molecule has 3 N–H and O–H groups in total. The number of amides is 1. The average molecular weight is 277 g/mol. The molecule has 3 nitrogen and oxygen atoms in total. The fourth-order valence-corrected chi connectivity index (χ4v) is 2.41. The molecule has 0 saturated heterocycles. The zero-order chi connectivity index (χ0) is 10.4. The van der Waals surface area contributed by atoms with Gasteiger partial charge in [-0.2, -0.15) is 0 Å². The SMILES string of the molecule is NCCCC(=O)NCc1ccc(Br)s1. The Bertz CT molecular complexity index is 301. The summed E-state index contributed by atoms with van der Waals surface area (Å²) < 4.78 is 1.09. The van der Waals surface area contributed by atoms with Gasteiger partial charge in [-0.25, -0.2) is 0 Å². The highest BCUT2D eigenvalue weighted by Crippen LogP contribution is 2.21. The Morgan fingerprint density at radius 2 is 2.36 bits per heavy atom. The fourth-order valence-electron chi connectivity index (χ4n) is 0.983. The Balaban J connectivity index is 2.23. The van der Waals surface area contributed by atoms with E-state index >= 15 is 0 Å².